The van der Waals surface area contributed by atoms with Crippen molar-refractivity contribution >= 4 is 34.3 Å². The second kappa shape index (κ2) is 9.77. The molecule has 0 aliphatic rings. The van der Waals surface area contributed by atoms with Gasteiger partial charge in [0.25, 0.3) is 0 Å². The first kappa shape index (κ1) is 20.4. The van der Waals surface area contributed by atoms with Crippen LogP contribution in [0.2, 0.25) is 5.28 Å². The Morgan fingerprint density at radius 2 is 1.89 bits per heavy atom. The van der Waals surface area contributed by atoms with Crippen molar-refractivity contribution in [2.24, 2.45) is 0 Å². The highest BCUT2D eigenvalue weighted by Crippen LogP contribution is 2.27. The van der Waals surface area contributed by atoms with E-state index in [0.717, 1.165) is 23.3 Å². The van der Waals surface area contributed by atoms with Crippen LogP contribution >= 0.6 is 11.6 Å². The van der Waals surface area contributed by atoms with Gasteiger partial charge < -0.3 is 14.8 Å². The lowest BCUT2D eigenvalue weighted by molar-refractivity contribution is 0.128. The summed E-state index contributed by atoms with van der Waals surface area (Å²) in [6, 6.07) is 5.84. The van der Waals surface area contributed by atoms with Crippen LogP contribution in [0.15, 0.2) is 18.2 Å². The number of hydrogen-bond acceptors (Lipinski definition) is 7. The highest BCUT2D eigenvalue weighted by molar-refractivity contribution is 6.28. The standard InChI is InChI=1S/C19H25ClN6O2/c1-4-13-8-7-9-15(21-13)22-18-17-16(23-19(20)24-18)14(12-28-6-3)25-26(17)10-11-27-5-2/h7-9H,4-6,10-12H2,1-3H3,(H,21,22,23,24). The maximum absolute atomic E-state index is 6.21. The summed E-state index contributed by atoms with van der Waals surface area (Å²) < 4.78 is 12.9. The normalized spacial score (nSPS) is 11.3. The molecule has 0 amide bonds. The zero-order chi connectivity index (χ0) is 19.9. The first-order chi connectivity index (χ1) is 13.7. The smallest absolute Gasteiger partial charge is 0.225 e. The molecule has 0 aromatic carbocycles. The second-order valence-corrected chi connectivity index (χ2v) is 6.37. The summed E-state index contributed by atoms with van der Waals surface area (Å²) in [4.78, 5) is 13.4. The summed E-state index contributed by atoms with van der Waals surface area (Å²) in [6.45, 7) is 8.65. The van der Waals surface area contributed by atoms with Gasteiger partial charge in [-0.05, 0) is 44.0 Å². The molecular weight excluding hydrogens is 380 g/mol. The highest BCUT2D eigenvalue weighted by atomic mass is 35.5. The van der Waals surface area contributed by atoms with Crippen LogP contribution in [0.5, 0.6) is 0 Å². The number of anilines is 2. The van der Waals surface area contributed by atoms with Crippen LogP contribution in [-0.2, 0) is 29.0 Å². The number of ether oxygens (including phenoxy) is 2. The molecule has 28 heavy (non-hydrogen) atoms. The lowest BCUT2D eigenvalue weighted by Crippen LogP contribution is -2.09. The number of fused-ring (bicyclic) bond motifs is 1. The molecule has 3 heterocycles. The van der Waals surface area contributed by atoms with Crippen molar-refractivity contribution in [2.75, 3.05) is 25.1 Å². The lowest BCUT2D eigenvalue weighted by atomic mass is 10.3. The number of rotatable bonds is 10. The van der Waals surface area contributed by atoms with Crippen molar-refractivity contribution in [3.63, 3.8) is 0 Å². The van der Waals surface area contributed by atoms with Gasteiger partial charge in [0.15, 0.2) is 5.82 Å². The second-order valence-electron chi connectivity index (χ2n) is 6.04. The fraction of sp³-hybridized carbons (Fsp3) is 0.474. The molecule has 0 bridgehead atoms. The molecule has 3 rings (SSSR count). The Labute approximate surface area is 169 Å². The van der Waals surface area contributed by atoms with E-state index in [4.69, 9.17) is 21.1 Å². The average Bonchev–Trinajstić information content (AvgIpc) is 3.04. The van der Waals surface area contributed by atoms with Crippen LogP contribution in [0, 0.1) is 0 Å². The quantitative estimate of drug-likeness (QED) is 0.406. The van der Waals surface area contributed by atoms with Crippen molar-refractivity contribution in [1.29, 1.82) is 0 Å². The van der Waals surface area contributed by atoms with E-state index in [9.17, 15) is 0 Å². The Balaban J connectivity index is 2.05. The average molecular weight is 405 g/mol. The van der Waals surface area contributed by atoms with E-state index in [2.05, 4.69) is 32.3 Å². The minimum atomic E-state index is 0.142. The molecule has 3 aromatic rings. The minimum Gasteiger partial charge on any atom is -0.380 e. The zero-order valence-electron chi connectivity index (χ0n) is 16.4. The molecule has 0 spiro atoms. The van der Waals surface area contributed by atoms with E-state index in [0.29, 0.717) is 50.1 Å². The molecule has 0 aliphatic heterocycles. The third-order valence-electron chi connectivity index (χ3n) is 4.14. The van der Waals surface area contributed by atoms with E-state index in [1.165, 1.54) is 0 Å². The van der Waals surface area contributed by atoms with E-state index in [-0.39, 0.29) is 5.28 Å². The minimum absolute atomic E-state index is 0.142. The van der Waals surface area contributed by atoms with Crippen LogP contribution in [0.3, 0.4) is 0 Å². The van der Waals surface area contributed by atoms with Crippen LogP contribution in [0.4, 0.5) is 11.6 Å². The van der Waals surface area contributed by atoms with Crippen LogP contribution < -0.4 is 5.32 Å². The Bertz CT molecular complexity index is 930. The van der Waals surface area contributed by atoms with Gasteiger partial charge in [0.05, 0.1) is 19.8 Å². The predicted molar refractivity (Wildman–Crippen MR) is 109 cm³/mol. The summed E-state index contributed by atoms with van der Waals surface area (Å²) >= 11 is 6.21. The van der Waals surface area contributed by atoms with Crippen LogP contribution in [0.1, 0.15) is 32.2 Å². The third kappa shape index (κ3) is 4.76. The Hall–Kier alpha value is -2.29. The number of halogens is 1. The Kier molecular flexibility index (Phi) is 7.13. The van der Waals surface area contributed by atoms with E-state index in [1.807, 2.05) is 36.7 Å². The summed E-state index contributed by atoms with van der Waals surface area (Å²) in [5.41, 5.74) is 3.13. The number of pyridine rings is 1. The van der Waals surface area contributed by atoms with Gasteiger partial charge >= 0.3 is 0 Å². The molecule has 0 aliphatic carbocycles. The maximum atomic E-state index is 6.21. The summed E-state index contributed by atoms with van der Waals surface area (Å²) in [7, 11) is 0. The topological polar surface area (TPSA) is 87.0 Å². The monoisotopic (exact) mass is 404 g/mol. The molecular formula is C19H25ClN6O2. The largest absolute Gasteiger partial charge is 0.380 e. The van der Waals surface area contributed by atoms with Gasteiger partial charge in [-0.1, -0.05) is 13.0 Å². The molecule has 9 heteroatoms. The molecule has 0 saturated heterocycles. The van der Waals surface area contributed by atoms with Gasteiger partial charge in [-0.15, -0.1) is 0 Å². The maximum Gasteiger partial charge on any atom is 0.225 e. The van der Waals surface area contributed by atoms with Crippen molar-refractivity contribution in [3.05, 3.63) is 34.9 Å². The lowest BCUT2D eigenvalue weighted by Gasteiger charge is -2.10. The molecule has 150 valence electrons. The van der Waals surface area contributed by atoms with Crippen molar-refractivity contribution in [1.82, 2.24) is 24.7 Å². The molecule has 1 N–H and O–H groups in total. The molecule has 3 aromatic heterocycles. The van der Waals surface area contributed by atoms with Crippen LogP contribution in [0.25, 0.3) is 11.0 Å². The van der Waals surface area contributed by atoms with Crippen molar-refractivity contribution < 1.29 is 9.47 Å². The highest BCUT2D eigenvalue weighted by Gasteiger charge is 2.19. The molecule has 0 unspecified atom stereocenters. The van der Waals surface area contributed by atoms with Crippen LogP contribution in [-0.4, -0.2) is 44.6 Å². The molecule has 0 atom stereocenters. The van der Waals surface area contributed by atoms with E-state index in [1.54, 1.807) is 0 Å². The fourth-order valence-corrected chi connectivity index (χ4v) is 2.99. The van der Waals surface area contributed by atoms with Gasteiger partial charge in [-0.3, -0.25) is 4.68 Å². The van der Waals surface area contributed by atoms with Gasteiger partial charge in [-0.25, -0.2) is 9.97 Å². The summed E-state index contributed by atoms with van der Waals surface area (Å²) in [5, 5.41) is 8.08. The summed E-state index contributed by atoms with van der Waals surface area (Å²) in [6.07, 6.45) is 0.847. The number of nitrogens with one attached hydrogen (secondary N) is 1. The molecule has 8 nitrogen and oxygen atoms in total. The predicted octanol–water partition coefficient (Wildman–Crippen LogP) is 3.75. The Morgan fingerprint density at radius 1 is 1.07 bits per heavy atom. The fourth-order valence-electron chi connectivity index (χ4n) is 2.82. The van der Waals surface area contributed by atoms with Gasteiger partial charge in [-0.2, -0.15) is 10.1 Å². The van der Waals surface area contributed by atoms with Gasteiger partial charge in [0, 0.05) is 18.9 Å². The zero-order valence-corrected chi connectivity index (χ0v) is 17.2. The Morgan fingerprint density at radius 3 is 2.64 bits per heavy atom. The SMILES string of the molecule is CCOCCn1nc(COCC)c2nc(Cl)nc(Nc3cccc(CC)n3)c21. The van der Waals surface area contributed by atoms with Crippen molar-refractivity contribution in [3.8, 4) is 0 Å². The summed E-state index contributed by atoms with van der Waals surface area (Å²) in [5.74, 6) is 1.25. The third-order valence-corrected chi connectivity index (χ3v) is 4.31. The number of nitrogens with zero attached hydrogens (tertiary/aromatic N) is 5. The number of hydrogen-bond donors (Lipinski definition) is 1. The van der Waals surface area contributed by atoms with E-state index >= 15 is 0 Å². The van der Waals surface area contributed by atoms with Gasteiger partial charge in [0.1, 0.15) is 22.5 Å². The molecule has 0 saturated carbocycles. The number of aromatic nitrogens is 5. The van der Waals surface area contributed by atoms with E-state index < -0.39 is 0 Å². The molecule has 0 fully saturated rings. The first-order valence-electron chi connectivity index (χ1n) is 9.47. The van der Waals surface area contributed by atoms with Gasteiger partial charge in [0.2, 0.25) is 5.28 Å². The number of aryl methyl sites for hydroxylation is 1. The van der Waals surface area contributed by atoms with Crippen molar-refractivity contribution in [2.45, 2.75) is 40.3 Å². The molecule has 0 radical (unpaired) electrons. The first-order valence-corrected chi connectivity index (χ1v) is 9.85.